The summed E-state index contributed by atoms with van der Waals surface area (Å²) < 4.78 is 0. The number of para-hydroxylation sites is 1. The molecule has 0 bridgehead atoms. The second-order valence-electron chi connectivity index (χ2n) is 4.47. The van der Waals surface area contributed by atoms with Crippen LogP contribution in [0.4, 0.5) is 0 Å². The summed E-state index contributed by atoms with van der Waals surface area (Å²) in [6.07, 6.45) is 1.78. The van der Waals surface area contributed by atoms with Crippen molar-refractivity contribution in [1.82, 2.24) is 4.98 Å². The van der Waals surface area contributed by atoms with Crippen LogP contribution in [0.5, 0.6) is 5.75 Å². The molecule has 1 aromatic heterocycles. The molecule has 0 saturated carbocycles. The smallest absolute Gasteiger partial charge is 0.123 e. The summed E-state index contributed by atoms with van der Waals surface area (Å²) in [6.45, 7) is 0.511. The number of aromatic nitrogens is 1. The van der Waals surface area contributed by atoms with Crippen molar-refractivity contribution >= 4 is 10.9 Å². The Bertz CT molecular complexity index is 738. The molecule has 0 fully saturated rings. The monoisotopic (exact) mass is 250 g/mol. The third kappa shape index (κ3) is 2.16. The fourth-order valence-electron chi connectivity index (χ4n) is 2.17. The number of benzene rings is 2. The Labute approximate surface area is 111 Å². The molecule has 3 N–H and O–H groups in total. The molecule has 0 spiro atoms. The topological polar surface area (TPSA) is 59.1 Å². The fraction of sp³-hybridized carbons (Fsp3) is 0.0625. The summed E-state index contributed by atoms with van der Waals surface area (Å²) in [5, 5.41) is 10.9. The number of fused-ring (bicyclic) bond motifs is 1. The second kappa shape index (κ2) is 4.71. The molecule has 0 saturated heterocycles. The van der Waals surface area contributed by atoms with E-state index in [1.807, 2.05) is 36.4 Å². The summed E-state index contributed by atoms with van der Waals surface area (Å²) in [6, 6.07) is 15.3. The van der Waals surface area contributed by atoms with Crippen molar-refractivity contribution in [3.63, 3.8) is 0 Å². The van der Waals surface area contributed by atoms with E-state index < -0.39 is 0 Å². The number of aromatic hydroxyl groups is 1. The zero-order valence-corrected chi connectivity index (χ0v) is 10.4. The number of hydrogen-bond donors (Lipinski definition) is 2. The van der Waals surface area contributed by atoms with Crippen LogP contribution in [0, 0.1) is 0 Å². The van der Waals surface area contributed by atoms with E-state index >= 15 is 0 Å². The Morgan fingerprint density at radius 3 is 2.68 bits per heavy atom. The first-order valence-corrected chi connectivity index (χ1v) is 6.15. The maximum atomic E-state index is 9.89. The van der Waals surface area contributed by atoms with Crippen molar-refractivity contribution in [2.45, 2.75) is 6.54 Å². The maximum Gasteiger partial charge on any atom is 0.123 e. The molecule has 0 aliphatic carbocycles. The van der Waals surface area contributed by atoms with Crippen molar-refractivity contribution in [3.05, 3.63) is 60.3 Å². The van der Waals surface area contributed by atoms with Crippen LogP contribution in [0.1, 0.15) is 5.56 Å². The van der Waals surface area contributed by atoms with E-state index in [1.54, 1.807) is 18.3 Å². The molecule has 3 aromatic rings. The van der Waals surface area contributed by atoms with Crippen molar-refractivity contribution in [2.24, 2.45) is 5.73 Å². The summed E-state index contributed by atoms with van der Waals surface area (Å²) in [4.78, 5) is 4.42. The molecular formula is C16H14N2O. The van der Waals surface area contributed by atoms with Gasteiger partial charge in [-0.25, -0.2) is 0 Å². The molecule has 0 aliphatic heterocycles. The van der Waals surface area contributed by atoms with Crippen molar-refractivity contribution in [1.29, 1.82) is 0 Å². The predicted molar refractivity (Wildman–Crippen MR) is 76.7 cm³/mol. The van der Waals surface area contributed by atoms with E-state index in [1.165, 1.54) is 0 Å². The molecule has 0 unspecified atom stereocenters. The lowest BCUT2D eigenvalue weighted by molar-refractivity contribution is 0.477. The zero-order chi connectivity index (χ0) is 13.2. The van der Waals surface area contributed by atoms with Gasteiger partial charge in [0, 0.05) is 29.3 Å². The molecule has 94 valence electrons. The highest BCUT2D eigenvalue weighted by Crippen LogP contribution is 2.30. The van der Waals surface area contributed by atoms with E-state index in [-0.39, 0.29) is 5.75 Å². The van der Waals surface area contributed by atoms with Gasteiger partial charge in [-0.3, -0.25) is 4.98 Å². The van der Waals surface area contributed by atoms with Gasteiger partial charge in [0.15, 0.2) is 0 Å². The van der Waals surface area contributed by atoms with Gasteiger partial charge in [0.2, 0.25) is 0 Å². The molecule has 2 aromatic carbocycles. The average Bonchev–Trinajstić information content (AvgIpc) is 2.46. The maximum absolute atomic E-state index is 9.89. The first kappa shape index (κ1) is 11.7. The summed E-state index contributed by atoms with van der Waals surface area (Å²) >= 11 is 0. The Morgan fingerprint density at radius 1 is 1.05 bits per heavy atom. The van der Waals surface area contributed by atoms with Gasteiger partial charge in [0.25, 0.3) is 0 Å². The largest absolute Gasteiger partial charge is 0.507 e. The minimum Gasteiger partial charge on any atom is -0.507 e. The van der Waals surface area contributed by atoms with Crippen LogP contribution in [-0.4, -0.2) is 10.1 Å². The van der Waals surface area contributed by atoms with Crippen LogP contribution in [-0.2, 0) is 6.54 Å². The average molecular weight is 250 g/mol. The van der Waals surface area contributed by atoms with Crippen LogP contribution in [0.3, 0.4) is 0 Å². The van der Waals surface area contributed by atoms with Gasteiger partial charge in [0.05, 0.1) is 5.52 Å². The Morgan fingerprint density at radius 2 is 1.89 bits per heavy atom. The Hall–Kier alpha value is -2.39. The molecule has 1 heterocycles. The lowest BCUT2D eigenvalue weighted by Gasteiger charge is -2.06. The number of pyridine rings is 1. The van der Waals surface area contributed by atoms with E-state index in [0.717, 1.165) is 27.6 Å². The van der Waals surface area contributed by atoms with Crippen LogP contribution >= 0.6 is 0 Å². The standard InChI is InChI=1S/C16H14N2O/c17-9-11-5-6-15-12(7-11)8-13(10-18-15)14-3-1-2-4-16(14)19/h1-8,10,19H,9,17H2. The molecule has 0 aliphatic rings. The van der Waals surface area contributed by atoms with Gasteiger partial charge < -0.3 is 10.8 Å². The lowest BCUT2D eigenvalue weighted by atomic mass is 10.0. The quantitative estimate of drug-likeness (QED) is 0.734. The molecule has 19 heavy (non-hydrogen) atoms. The third-order valence-electron chi connectivity index (χ3n) is 3.20. The van der Waals surface area contributed by atoms with Crippen LogP contribution in [0.15, 0.2) is 54.7 Å². The van der Waals surface area contributed by atoms with Crippen LogP contribution in [0.25, 0.3) is 22.0 Å². The van der Waals surface area contributed by atoms with E-state index in [4.69, 9.17) is 5.73 Å². The summed E-state index contributed by atoms with van der Waals surface area (Å²) in [7, 11) is 0. The minimum atomic E-state index is 0.263. The number of phenols is 1. The molecule has 0 atom stereocenters. The highest BCUT2D eigenvalue weighted by Gasteiger charge is 2.05. The van der Waals surface area contributed by atoms with Gasteiger partial charge >= 0.3 is 0 Å². The lowest BCUT2D eigenvalue weighted by Crippen LogP contribution is -1.95. The molecular weight excluding hydrogens is 236 g/mol. The molecule has 0 radical (unpaired) electrons. The highest BCUT2D eigenvalue weighted by molar-refractivity contribution is 5.85. The Kier molecular flexibility index (Phi) is 2.89. The van der Waals surface area contributed by atoms with Gasteiger partial charge in [0.1, 0.15) is 5.75 Å². The van der Waals surface area contributed by atoms with E-state index in [2.05, 4.69) is 4.98 Å². The molecule has 3 heteroatoms. The molecule has 3 nitrogen and oxygen atoms in total. The van der Waals surface area contributed by atoms with E-state index in [9.17, 15) is 5.11 Å². The minimum absolute atomic E-state index is 0.263. The Balaban J connectivity index is 2.18. The normalized spacial score (nSPS) is 10.8. The van der Waals surface area contributed by atoms with Crippen molar-refractivity contribution in [3.8, 4) is 16.9 Å². The number of hydrogen-bond acceptors (Lipinski definition) is 3. The first-order chi connectivity index (χ1) is 9.28. The number of nitrogens with two attached hydrogens (primary N) is 1. The molecule has 3 rings (SSSR count). The molecule has 0 amide bonds. The number of phenolic OH excluding ortho intramolecular Hbond substituents is 1. The number of nitrogens with zero attached hydrogens (tertiary/aromatic N) is 1. The summed E-state index contributed by atoms with van der Waals surface area (Å²) in [5.41, 5.74) is 9.34. The third-order valence-corrected chi connectivity index (χ3v) is 3.20. The second-order valence-corrected chi connectivity index (χ2v) is 4.47. The van der Waals surface area contributed by atoms with Gasteiger partial charge in [-0.15, -0.1) is 0 Å². The SMILES string of the molecule is NCc1ccc2ncc(-c3ccccc3O)cc2c1. The number of rotatable bonds is 2. The van der Waals surface area contributed by atoms with Crippen LogP contribution < -0.4 is 5.73 Å². The van der Waals surface area contributed by atoms with Gasteiger partial charge in [-0.2, -0.15) is 0 Å². The fourth-order valence-corrected chi connectivity index (χ4v) is 2.17. The van der Waals surface area contributed by atoms with Gasteiger partial charge in [-0.1, -0.05) is 24.3 Å². The highest BCUT2D eigenvalue weighted by atomic mass is 16.3. The van der Waals surface area contributed by atoms with Crippen molar-refractivity contribution in [2.75, 3.05) is 0 Å². The van der Waals surface area contributed by atoms with Crippen LogP contribution in [0.2, 0.25) is 0 Å². The van der Waals surface area contributed by atoms with Crippen molar-refractivity contribution < 1.29 is 5.11 Å². The zero-order valence-electron chi connectivity index (χ0n) is 10.4. The predicted octanol–water partition coefficient (Wildman–Crippen LogP) is 3.07. The van der Waals surface area contributed by atoms with E-state index in [0.29, 0.717) is 6.54 Å². The van der Waals surface area contributed by atoms with Gasteiger partial charge in [-0.05, 0) is 29.8 Å². The summed E-state index contributed by atoms with van der Waals surface area (Å²) in [5.74, 6) is 0.263. The first-order valence-electron chi connectivity index (χ1n) is 6.15.